The van der Waals surface area contributed by atoms with Gasteiger partial charge >= 0.3 is 0 Å². The Bertz CT molecular complexity index is 298. The van der Waals surface area contributed by atoms with Crippen LogP contribution in [0.1, 0.15) is 46.0 Å². The summed E-state index contributed by atoms with van der Waals surface area (Å²) in [5, 5.41) is 6.40. The van der Waals surface area contributed by atoms with Gasteiger partial charge in [0, 0.05) is 6.54 Å². The molecule has 1 amide bonds. The predicted octanol–water partition coefficient (Wildman–Crippen LogP) is 2.03. The molecule has 0 aromatic rings. The zero-order valence-corrected chi connectivity index (χ0v) is 14.4. The van der Waals surface area contributed by atoms with Gasteiger partial charge < -0.3 is 15.5 Å². The largest absolute Gasteiger partial charge is 0.354 e. The third kappa shape index (κ3) is 6.54. The van der Waals surface area contributed by atoms with E-state index in [2.05, 4.69) is 29.4 Å². The molecule has 2 rings (SSSR count). The summed E-state index contributed by atoms with van der Waals surface area (Å²) in [4.78, 5) is 14.5. The van der Waals surface area contributed by atoms with Crippen molar-refractivity contribution in [2.75, 3.05) is 32.7 Å². The van der Waals surface area contributed by atoms with Crippen molar-refractivity contribution < 1.29 is 4.79 Å². The zero-order valence-electron chi connectivity index (χ0n) is 13.6. The van der Waals surface area contributed by atoms with Crippen molar-refractivity contribution in [3.63, 3.8) is 0 Å². The van der Waals surface area contributed by atoms with Gasteiger partial charge in [-0.05, 0) is 70.1 Å². The maximum Gasteiger partial charge on any atom is 0.237 e. The summed E-state index contributed by atoms with van der Waals surface area (Å²) in [6.45, 7) is 10.1. The molecule has 0 spiro atoms. The van der Waals surface area contributed by atoms with Crippen LogP contribution < -0.4 is 10.6 Å². The minimum atomic E-state index is 0. The van der Waals surface area contributed by atoms with Gasteiger partial charge in [0.25, 0.3) is 0 Å². The molecule has 2 N–H and O–H groups in total. The van der Waals surface area contributed by atoms with Crippen molar-refractivity contribution in [1.29, 1.82) is 0 Å². The van der Waals surface area contributed by atoms with Gasteiger partial charge in [0.1, 0.15) is 0 Å². The molecular weight excluding hydrogens is 286 g/mol. The fraction of sp³-hybridized carbons (Fsp3) is 0.938. The smallest absolute Gasteiger partial charge is 0.237 e. The van der Waals surface area contributed by atoms with Crippen LogP contribution in [-0.2, 0) is 4.79 Å². The predicted molar refractivity (Wildman–Crippen MR) is 89.9 cm³/mol. The number of rotatable bonds is 6. The third-order valence-electron chi connectivity index (χ3n) is 4.67. The topological polar surface area (TPSA) is 44.4 Å². The van der Waals surface area contributed by atoms with Crippen LogP contribution in [0.2, 0.25) is 0 Å². The second-order valence-corrected chi connectivity index (χ2v) is 6.86. The van der Waals surface area contributed by atoms with Gasteiger partial charge in [-0.1, -0.05) is 13.8 Å². The zero-order chi connectivity index (χ0) is 14.4. The van der Waals surface area contributed by atoms with E-state index >= 15 is 0 Å². The lowest BCUT2D eigenvalue weighted by molar-refractivity contribution is -0.123. The number of nitrogens with zero attached hydrogens (tertiary/aromatic N) is 1. The highest BCUT2D eigenvalue weighted by atomic mass is 35.5. The molecular formula is C16H32ClN3O. The van der Waals surface area contributed by atoms with Crippen LogP contribution >= 0.6 is 12.4 Å². The highest BCUT2D eigenvalue weighted by Gasteiger charge is 2.24. The van der Waals surface area contributed by atoms with Crippen LogP contribution in [-0.4, -0.2) is 49.6 Å². The van der Waals surface area contributed by atoms with Crippen LogP contribution in [0.25, 0.3) is 0 Å². The summed E-state index contributed by atoms with van der Waals surface area (Å²) in [5.41, 5.74) is 0. The summed E-state index contributed by atoms with van der Waals surface area (Å²) >= 11 is 0. The maximum absolute atomic E-state index is 11.9. The van der Waals surface area contributed by atoms with Gasteiger partial charge in [-0.25, -0.2) is 0 Å². The Balaban J connectivity index is 0.00000220. The molecule has 0 aromatic carbocycles. The minimum absolute atomic E-state index is 0. The summed E-state index contributed by atoms with van der Waals surface area (Å²) < 4.78 is 0. The number of halogens is 1. The number of amides is 1. The highest BCUT2D eigenvalue weighted by molar-refractivity contribution is 5.85. The second kappa shape index (κ2) is 9.65. The van der Waals surface area contributed by atoms with E-state index in [4.69, 9.17) is 0 Å². The van der Waals surface area contributed by atoms with Crippen molar-refractivity contribution in [3.8, 4) is 0 Å². The summed E-state index contributed by atoms with van der Waals surface area (Å²) in [6.07, 6.45) is 5.90. The number of likely N-dealkylation sites (tertiary alicyclic amines) is 1. The van der Waals surface area contributed by atoms with E-state index in [0.717, 1.165) is 31.8 Å². The van der Waals surface area contributed by atoms with Crippen molar-refractivity contribution in [2.45, 2.75) is 52.0 Å². The molecule has 4 nitrogen and oxygen atoms in total. The Labute approximate surface area is 135 Å². The molecule has 2 aliphatic heterocycles. The number of carbonyl (C=O) groups is 1. The van der Waals surface area contributed by atoms with Crippen molar-refractivity contribution in [1.82, 2.24) is 15.5 Å². The Morgan fingerprint density at radius 1 is 1.29 bits per heavy atom. The lowest BCUT2D eigenvalue weighted by atomic mass is 9.96. The minimum Gasteiger partial charge on any atom is -0.354 e. The maximum atomic E-state index is 11.9. The first-order valence-electron chi connectivity index (χ1n) is 8.38. The molecule has 0 bridgehead atoms. The van der Waals surface area contributed by atoms with E-state index < -0.39 is 0 Å². The molecule has 2 saturated heterocycles. The molecule has 0 unspecified atom stereocenters. The van der Waals surface area contributed by atoms with Crippen molar-refractivity contribution >= 4 is 18.3 Å². The van der Waals surface area contributed by atoms with E-state index in [9.17, 15) is 4.79 Å². The van der Waals surface area contributed by atoms with Gasteiger partial charge in [-0.15, -0.1) is 12.4 Å². The van der Waals surface area contributed by atoms with Crippen LogP contribution in [0.3, 0.4) is 0 Å². The van der Waals surface area contributed by atoms with E-state index in [1.165, 1.54) is 38.9 Å². The average molecular weight is 318 g/mol. The summed E-state index contributed by atoms with van der Waals surface area (Å²) in [7, 11) is 0. The van der Waals surface area contributed by atoms with Crippen LogP contribution in [0, 0.1) is 11.8 Å². The number of hydrogen-bond acceptors (Lipinski definition) is 3. The number of hydrogen-bond donors (Lipinski definition) is 2. The molecule has 2 aliphatic rings. The Kier molecular flexibility index (Phi) is 8.60. The first-order valence-corrected chi connectivity index (χ1v) is 8.38. The van der Waals surface area contributed by atoms with E-state index in [-0.39, 0.29) is 24.4 Å². The van der Waals surface area contributed by atoms with E-state index in [1.54, 1.807) is 0 Å². The van der Waals surface area contributed by atoms with E-state index in [1.807, 2.05) is 0 Å². The first kappa shape index (κ1) is 18.7. The molecule has 2 heterocycles. The fourth-order valence-electron chi connectivity index (χ4n) is 3.13. The highest BCUT2D eigenvalue weighted by Crippen LogP contribution is 2.17. The van der Waals surface area contributed by atoms with Gasteiger partial charge in [0.2, 0.25) is 5.91 Å². The SMILES string of the molecule is CC(C)CCN1CCC(CNC(=O)[C@@H]2CCCN2)CC1.Cl. The van der Waals surface area contributed by atoms with Crippen molar-refractivity contribution in [3.05, 3.63) is 0 Å². The van der Waals surface area contributed by atoms with Gasteiger partial charge in [0.05, 0.1) is 6.04 Å². The lowest BCUT2D eigenvalue weighted by Gasteiger charge is -2.32. The molecule has 2 fully saturated rings. The normalized spacial score (nSPS) is 24.0. The second-order valence-electron chi connectivity index (χ2n) is 6.86. The van der Waals surface area contributed by atoms with Crippen LogP contribution in [0.5, 0.6) is 0 Å². The number of nitrogens with one attached hydrogen (secondary N) is 2. The van der Waals surface area contributed by atoms with E-state index in [0.29, 0.717) is 5.92 Å². The lowest BCUT2D eigenvalue weighted by Crippen LogP contribution is -2.44. The Morgan fingerprint density at radius 2 is 2.00 bits per heavy atom. The summed E-state index contributed by atoms with van der Waals surface area (Å²) in [6, 6.07) is 0.0705. The molecule has 124 valence electrons. The molecule has 5 heteroatoms. The molecule has 1 atom stereocenters. The van der Waals surface area contributed by atoms with Gasteiger partial charge in [-0.3, -0.25) is 4.79 Å². The fourth-order valence-corrected chi connectivity index (χ4v) is 3.13. The van der Waals surface area contributed by atoms with Crippen LogP contribution in [0.4, 0.5) is 0 Å². The first-order chi connectivity index (χ1) is 9.65. The average Bonchev–Trinajstić information content (AvgIpc) is 2.98. The Morgan fingerprint density at radius 3 is 2.57 bits per heavy atom. The molecule has 0 aliphatic carbocycles. The molecule has 0 saturated carbocycles. The standard InChI is InChI=1S/C16H31N3O.ClH/c1-13(2)5-9-19-10-6-14(7-11-19)12-18-16(20)15-4-3-8-17-15;/h13-15,17H,3-12H2,1-2H3,(H,18,20);1H/t15-;/m0./s1. The molecule has 0 aromatic heterocycles. The van der Waals surface area contributed by atoms with Gasteiger partial charge in [0.15, 0.2) is 0 Å². The quantitative estimate of drug-likeness (QED) is 0.788. The third-order valence-corrected chi connectivity index (χ3v) is 4.67. The monoisotopic (exact) mass is 317 g/mol. The Hall–Kier alpha value is -0.320. The van der Waals surface area contributed by atoms with Gasteiger partial charge in [-0.2, -0.15) is 0 Å². The summed E-state index contributed by atoms with van der Waals surface area (Å²) in [5.74, 6) is 1.69. The van der Waals surface area contributed by atoms with Crippen molar-refractivity contribution in [2.24, 2.45) is 11.8 Å². The number of piperidine rings is 1. The molecule has 21 heavy (non-hydrogen) atoms. The van der Waals surface area contributed by atoms with Crippen LogP contribution in [0.15, 0.2) is 0 Å². The number of carbonyl (C=O) groups excluding carboxylic acids is 1. The molecule has 0 radical (unpaired) electrons.